The highest BCUT2D eigenvalue weighted by atomic mass is 14.9. The molecule has 0 saturated carbocycles. The fraction of sp³-hybridized carbons (Fsp3) is 0.238. The van der Waals surface area contributed by atoms with Gasteiger partial charge in [-0.15, -0.1) is 0 Å². The molecule has 23 heavy (non-hydrogen) atoms. The van der Waals surface area contributed by atoms with E-state index in [0.717, 1.165) is 5.39 Å². The summed E-state index contributed by atoms with van der Waals surface area (Å²) in [5.74, 6) is 0.500. The lowest BCUT2D eigenvalue weighted by molar-refractivity contribution is -0.659. The number of benzene rings is 2. The number of hydrogen-bond acceptors (Lipinski definition) is 1. The number of pyridine rings is 1. The summed E-state index contributed by atoms with van der Waals surface area (Å²) in [6.07, 6.45) is 2.07. The van der Waals surface area contributed by atoms with Crippen LogP contribution >= 0.6 is 0 Å². The van der Waals surface area contributed by atoms with Crippen LogP contribution in [0.1, 0.15) is 36.5 Å². The summed E-state index contributed by atoms with van der Waals surface area (Å²) in [7, 11) is 2.08. The minimum atomic E-state index is 0.500. The van der Waals surface area contributed by atoms with Gasteiger partial charge in [-0.05, 0) is 53.6 Å². The Morgan fingerprint density at radius 2 is 1.83 bits per heavy atom. The van der Waals surface area contributed by atoms with Crippen molar-refractivity contribution in [2.45, 2.75) is 26.7 Å². The van der Waals surface area contributed by atoms with Crippen molar-refractivity contribution in [1.29, 1.82) is 5.26 Å². The lowest BCUT2D eigenvalue weighted by atomic mass is 9.93. The molecule has 0 N–H and O–H groups in total. The molecule has 0 saturated heterocycles. The normalized spacial score (nSPS) is 11.0. The Morgan fingerprint density at radius 3 is 2.52 bits per heavy atom. The zero-order chi connectivity index (χ0) is 16.6. The summed E-state index contributed by atoms with van der Waals surface area (Å²) in [6.45, 7) is 6.59. The van der Waals surface area contributed by atoms with Crippen LogP contribution in [-0.2, 0) is 7.05 Å². The topological polar surface area (TPSA) is 27.7 Å². The van der Waals surface area contributed by atoms with Gasteiger partial charge in [0.25, 0.3) is 0 Å². The lowest BCUT2D eigenvalue weighted by Gasteiger charge is -2.12. The van der Waals surface area contributed by atoms with Gasteiger partial charge in [0.2, 0.25) is 5.69 Å². The molecule has 0 aliphatic carbocycles. The SMILES string of the molecule is Cc1ccc(C(C)C)cc1-c1c2ccc(C#N)cc2cc[n+]1C. The number of nitrogens with zero attached hydrogens (tertiary/aromatic N) is 2. The first-order valence-electron chi connectivity index (χ1n) is 7.94. The molecular formula is C21H21N2+. The molecule has 0 unspecified atom stereocenters. The van der Waals surface area contributed by atoms with Crippen LogP contribution in [0.25, 0.3) is 22.0 Å². The van der Waals surface area contributed by atoms with Crippen LogP contribution in [0.15, 0.2) is 48.7 Å². The molecule has 0 aliphatic heterocycles. The van der Waals surface area contributed by atoms with Gasteiger partial charge in [0.05, 0.1) is 17.0 Å². The smallest absolute Gasteiger partial charge is 0.200 e. The van der Waals surface area contributed by atoms with E-state index in [1.807, 2.05) is 12.1 Å². The lowest BCUT2D eigenvalue weighted by Crippen LogP contribution is -2.30. The van der Waals surface area contributed by atoms with Crippen molar-refractivity contribution >= 4 is 10.8 Å². The van der Waals surface area contributed by atoms with Crippen molar-refractivity contribution in [2.24, 2.45) is 7.05 Å². The Balaban J connectivity index is 2.34. The summed E-state index contributed by atoms with van der Waals surface area (Å²) < 4.78 is 2.17. The van der Waals surface area contributed by atoms with E-state index in [2.05, 4.69) is 75.0 Å². The van der Waals surface area contributed by atoms with Crippen LogP contribution in [0.5, 0.6) is 0 Å². The Hall–Kier alpha value is -2.66. The van der Waals surface area contributed by atoms with E-state index in [4.69, 9.17) is 5.26 Å². The van der Waals surface area contributed by atoms with E-state index in [1.165, 1.54) is 27.8 Å². The van der Waals surface area contributed by atoms with E-state index >= 15 is 0 Å². The highest BCUT2D eigenvalue weighted by Gasteiger charge is 2.18. The van der Waals surface area contributed by atoms with Gasteiger partial charge < -0.3 is 0 Å². The largest absolute Gasteiger partial charge is 0.220 e. The Labute approximate surface area is 137 Å². The number of nitriles is 1. The number of aryl methyl sites for hydroxylation is 2. The third-order valence-corrected chi connectivity index (χ3v) is 4.45. The molecule has 3 aromatic rings. The van der Waals surface area contributed by atoms with Gasteiger partial charge in [0.15, 0.2) is 6.20 Å². The first kappa shape index (κ1) is 15.2. The van der Waals surface area contributed by atoms with Crippen molar-refractivity contribution in [1.82, 2.24) is 0 Å². The van der Waals surface area contributed by atoms with Gasteiger partial charge in [0.1, 0.15) is 7.05 Å². The molecule has 1 heterocycles. The predicted molar refractivity (Wildman–Crippen MR) is 94.1 cm³/mol. The third kappa shape index (κ3) is 2.71. The fourth-order valence-electron chi connectivity index (χ4n) is 3.03. The second-order valence-electron chi connectivity index (χ2n) is 6.42. The van der Waals surface area contributed by atoms with Gasteiger partial charge in [-0.25, -0.2) is 4.57 Å². The third-order valence-electron chi connectivity index (χ3n) is 4.45. The molecule has 114 valence electrons. The Kier molecular flexibility index (Phi) is 3.88. The maximum absolute atomic E-state index is 9.12. The van der Waals surface area contributed by atoms with Gasteiger partial charge in [-0.1, -0.05) is 26.0 Å². The average Bonchev–Trinajstić information content (AvgIpc) is 2.55. The van der Waals surface area contributed by atoms with Gasteiger partial charge in [-0.3, -0.25) is 0 Å². The maximum atomic E-state index is 9.12. The summed E-state index contributed by atoms with van der Waals surface area (Å²) >= 11 is 0. The first-order chi connectivity index (χ1) is 11.0. The molecule has 0 atom stereocenters. The molecule has 2 aromatic carbocycles. The molecule has 0 fully saturated rings. The predicted octanol–water partition coefficient (Wildman–Crippen LogP) is 4.63. The molecular weight excluding hydrogens is 280 g/mol. The highest BCUT2D eigenvalue weighted by Crippen LogP contribution is 2.30. The minimum Gasteiger partial charge on any atom is -0.200 e. The minimum absolute atomic E-state index is 0.500. The maximum Gasteiger partial charge on any atom is 0.220 e. The van der Waals surface area contributed by atoms with Crippen LogP contribution < -0.4 is 4.57 Å². The molecule has 0 spiro atoms. The summed E-state index contributed by atoms with van der Waals surface area (Å²) in [6, 6.07) is 16.9. The zero-order valence-corrected chi connectivity index (χ0v) is 14.1. The molecule has 3 rings (SSSR count). The zero-order valence-electron chi connectivity index (χ0n) is 14.1. The number of rotatable bonds is 2. The van der Waals surface area contributed by atoms with Gasteiger partial charge in [0, 0.05) is 11.6 Å². The Bertz CT molecular complexity index is 930. The molecule has 2 nitrogen and oxygen atoms in total. The quantitative estimate of drug-likeness (QED) is 0.634. The van der Waals surface area contributed by atoms with Crippen molar-refractivity contribution in [2.75, 3.05) is 0 Å². The van der Waals surface area contributed by atoms with E-state index in [9.17, 15) is 0 Å². The van der Waals surface area contributed by atoms with E-state index < -0.39 is 0 Å². The molecule has 1 aromatic heterocycles. The molecule has 0 bridgehead atoms. The standard InChI is InChI=1S/C21H21N2/c1-14(2)17-7-5-15(3)20(12-17)21-19-8-6-16(13-22)11-18(19)9-10-23(21)4/h5-12,14H,1-4H3/q+1. The van der Waals surface area contributed by atoms with Crippen LogP contribution in [0.4, 0.5) is 0 Å². The van der Waals surface area contributed by atoms with Crippen molar-refractivity contribution in [3.05, 3.63) is 65.4 Å². The van der Waals surface area contributed by atoms with Crippen LogP contribution in [0.2, 0.25) is 0 Å². The van der Waals surface area contributed by atoms with Crippen molar-refractivity contribution in [3.63, 3.8) is 0 Å². The van der Waals surface area contributed by atoms with Gasteiger partial charge >= 0.3 is 0 Å². The van der Waals surface area contributed by atoms with E-state index in [-0.39, 0.29) is 0 Å². The van der Waals surface area contributed by atoms with Crippen molar-refractivity contribution in [3.8, 4) is 17.3 Å². The molecule has 0 amide bonds. The van der Waals surface area contributed by atoms with E-state index in [0.29, 0.717) is 11.5 Å². The second-order valence-corrected chi connectivity index (χ2v) is 6.42. The molecule has 0 aliphatic rings. The highest BCUT2D eigenvalue weighted by molar-refractivity contribution is 5.94. The summed E-state index contributed by atoms with van der Waals surface area (Å²) in [4.78, 5) is 0. The first-order valence-corrected chi connectivity index (χ1v) is 7.94. The Morgan fingerprint density at radius 1 is 1.04 bits per heavy atom. The number of aromatic nitrogens is 1. The average molecular weight is 301 g/mol. The van der Waals surface area contributed by atoms with Crippen molar-refractivity contribution < 1.29 is 4.57 Å². The van der Waals surface area contributed by atoms with Gasteiger partial charge in [-0.2, -0.15) is 5.26 Å². The molecule has 2 heteroatoms. The monoisotopic (exact) mass is 301 g/mol. The van der Waals surface area contributed by atoms with E-state index in [1.54, 1.807) is 0 Å². The number of hydrogen-bond donors (Lipinski definition) is 0. The van der Waals surface area contributed by atoms with Crippen LogP contribution in [0, 0.1) is 18.3 Å². The number of fused-ring (bicyclic) bond motifs is 1. The van der Waals surface area contributed by atoms with Crippen LogP contribution in [-0.4, -0.2) is 0 Å². The van der Waals surface area contributed by atoms with Crippen LogP contribution in [0.3, 0.4) is 0 Å². The second kappa shape index (κ2) is 5.85. The summed E-state index contributed by atoms with van der Waals surface area (Å²) in [5, 5.41) is 11.4. The molecule has 0 radical (unpaired) electrons. The summed E-state index contributed by atoms with van der Waals surface area (Å²) in [5.41, 5.74) is 5.77. The fourth-order valence-corrected chi connectivity index (χ4v) is 3.03.